The first kappa shape index (κ1) is 16.9. The minimum absolute atomic E-state index is 0.152. The molecular weight excluding hydrogens is 383 g/mol. The van der Waals surface area contributed by atoms with Crippen LogP contribution in [-0.2, 0) is 5.41 Å². The lowest BCUT2D eigenvalue weighted by Gasteiger charge is -2.29. The van der Waals surface area contributed by atoms with Gasteiger partial charge in [0.05, 0.1) is 9.89 Å². The van der Waals surface area contributed by atoms with Gasteiger partial charge in [-0.05, 0) is 63.9 Å². The van der Waals surface area contributed by atoms with Crippen LogP contribution in [0.4, 0.5) is 13.2 Å². The Kier molecular flexibility index (Phi) is 4.58. The monoisotopic (exact) mass is 397 g/mol. The lowest BCUT2D eigenvalue weighted by atomic mass is 9.75. The van der Waals surface area contributed by atoms with Gasteiger partial charge in [0.1, 0.15) is 11.6 Å². The van der Waals surface area contributed by atoms with E-state index < -0.39 is 12.0 Å². The molecule has 0 fully saturated rings. The summed E-state index contributed by atoms with van der Waals surface area (Å²) in [6, 6.07) is 10.0. The van der Waals surface area contributed by atoms with E-state index in [2.05, 4.69) is 26.0 Å². The van der Waals surface area contributed by atoms with Gasteiger partial charge in [-0.25, -0.2) is 4.39 Å². The number of alkyl halides is 2. The Balaban J connectivity index is 2.07. The standard InChI is InChI=1S/C18H15BrF3NO/c1-11-8-12(3-5-16(11)24-17(21)22)18(6-7-23-10-18)13-2-4-15(20)14(19)9-13/h2-9,17,23H,10H2,1H3. The van der Waals surface area contributed by atoms with Crippen molar-refractivity contribution in [2.45, 2.75) is 19.0 Å². The Morgan fingerprint density at radius 3 is 2.46 bits per heavy atom. The van der Waals surface area contributed by atoms with Gasteiger partial charge in [0, 0.05) is 6.54 Å². The lowest BCUT2D eigenvalue weighted by Crippen LogP contribution is -2.31. The van der Waals surface area contributed by atoms with Gasteiger partial charge in [0.25, 0.3) is 0 Å². The molecule has 2 aromatic carbocycles. The maximum atomic E-state index is 13.6. The van der Waals surface area contributed by atoms with E-state index in [1.54, 1.807) is 31.2 Å². The van der Waals surface area contributed by atoms with E-state index >= 15 is 0 Å². The second-order valence-electron chi connectivity index (χ2n) is 5.67. The van der Waals surface area contributed by atoms with Crippen LogP contribution in [0.2, 0.25) is 0 Å². The lowest BCUT2D eigenvalue weighted by molar-refractivity contribution is -0.0503. The normalized spacial score (nSPS) is 19.6. The van der Waals surface area contributed by atoms with Crippen LogP contribution in [0.3, 0.4) is 0 Å². The van der Waals surface area contributed by atoms with Gasteiger partial charge in [0.2, 0.25) is 0 Å². The summed E-state index contributed by atoms with van der Waals surface area (Å²) in [5.74, 6) is -0.181. The summed E-state index contributed by atoms with van der Waals surface area (Å²) in [5.41, 5.74) is 1.94. The van der Waals surface area contributed by atoms with Crippen molar-refractivity contribution in [1.82, 2.24) is 5.32 Å². The highest BCUT2D eigenvalue weighted by atomic mass is 79.9. The fraction of sp³-hybridized carbons (Fsp3) is 0.222. The SMILES string of the molecule is Cc1cc(C2(c3ccc(F)c(Br)c3)C=CNC2)ccc1OC(F)F. The van der Waals surface area contributed by atoms with Crippen LogP contribution < -0.4 is 10.1 Å². The van der Waals surface area contributed by atoms with E-state index in [1.165, 1.54) is 6.07 Å². The van der Waals surface area contributed by atoms with Gasteiger partial charge in [-0.1, -0.05) is 24.3 Å². The molecule has 1 heterocycles. The molecule has 126 valence electrons. The maximum Gasteiger partial charge on any atom is 0.387 e. The minimum atomic E-state index is -2.86. The molecule has 0 amide bonds. The zero-order valence-corrected chi connectivity index (χ0v) is 14.4. The number of rotatable bonds is 4. The van der Waals surface area contributed by atoms with Crippen molar-refractivity contribution >= 4 is 15.9 Å². The molecule has 0 saturated carbocycles. The van der Waals surface area contributed by atoms with Crippen LogP contribution in [-0.4, -0.2) is 13.2 Å². The molecule has 3 rings (SSSR count). The van der Waals surface area contributed by atoms with E-state index in [0.717, 1.165) is 11.1 Å². The third-order valence-electron chi connectivity index (χ3n) is 4.21. The van der Waals surface area contributed by atoms with Gasteiger partial charge < -0.3 is 10.1 Å². The fourth-order valence-corrected chi connectivity index (χ4v) is 3.35. The Labute approximate surface area is 146 Å². The summed E-state index contributed by atoms with van der Waals surface area (Å²) in [7, 11) is 0. The van der Waals surface area contributed by atoms with Crippen molar-refractivity contribution in [3.05, 3.63) is 75.7 Å². The average Bonchev–Trinajstić information content (AvgIpc) is 3.02. The van der Waals surface area contributed by atoms with Gasteiger partial charge in [-0.3, -0.25) is 0 Å². The molecule has 24 heavy (non-hydrogen) atoms. The molecule has 2 nitrogen and oxygen atoms in total. The van der Waals surface area contributed by atoms with Crippen LogP contribution >= 0.6 is 15.9 Å². The maximum absolute atomic E-state index is 13.6. The molecule has 1 atom stereocenters. The van der Waals surface area contributed by atoms with Crippen molar-refractivity contribution in [2.24, 2.45) is 0 Å². The molecule has 0 bridgehead atoms. The number of hydrogen-bond donors (Lipinski definition) is 1. The number of aryl methyl sites for hydroxylation is 1. The summed E-state index contributed by atoms with van der Waals surface area (Å²) >= 11 is 3.22. The average molecular weight is 398 g/mol. The quantitative estimate of drug-likeness (QED) is 0.791. The second kappa shape index (κ2) is 6.51. The highest BCUT2D eigenvalue weighted by Crippen LogP contribution is 2.39. The Bertz CT molecular complexity index is 794. The van der Waals surface area contributed by atoms with Crippen LogP contribution in [0.25, 0.3) is 0 Å². The van der Waals surface area contributed by atoms with Crippen molar-refractivity contribution in [2.75, 3.05) is 6.54 Å². The fourth-order valence-electron chi connectivity index (χ4n) is 2.97. The molecular formula is C18H15BrF3NO. The predicted molar refractivity (Wildman–Crippen MR) is 89.8 cm³/mol. The van der Waals surface area contributed by atoms with Crippen LogP contribution in [0.1, 0.15) is 16.7 Å². The number of nitrogens with one attached hydrogen (secondary N) is 1. The van der Waals surface area contributed by atoms with E-state index in [9.17, 15) is 13.2 Å². The summed E-state index contributed by atoms with van der Waals surface area (Å²) in [4.78, 5) is 0. The highest BCUT2D eigenvalue weighted by Gasteiger charge is 2.35. The molecule has 0 radical (unpaired) electrons. The molecule has 0 aromatic heterocycles. The van der Waals surface area contributed by atoms with E-state index in [0.29, 0.717) is 16.6 Å². The molecule has 1 aliphatic rings. The van der Waals surface area contributed by atoms with Crippen molar-refractivity contribution in [3.63, 3.8) is 0 Å². The van der Waals surface area contributed by atoms with E-state index in [4.69, 9.17) is 0 Å². The molecule has 1 aliphatic heterocycles. The topological polar surface area (TPSA) is 21.3 Å². The summed E-state index contributed by atoms with van der Waals surface area (Å²) in [6.45, 7) is -0.536. The van der Waals surface area contributed by atoms with Crippen LogP contribution in [0.15, 0.2) is 53.1 Å². The first-order valence-corrected chi connectivity index (χ1v) is 8.14. The number of halogens is 4. The second-order valence-corrected chi connectivity index (χ2v) is 6.53. The third kappa shape index (κ3) is 3.02. The Morgan fingerprint density at radius 2 is 1.88 bits per heavy atom. The molecule has 0 saturated heterocycles. The van der Waals surface area contributed by atoms with Crippen LogP contribution in [0, 0.1) is 12.7 Å². The highest BCUT2D eigenvalue weighted by molar-refractivity contribution is 9.10. The third-order valence-corrected chi connectivity index (χ3v) is 4.82. The zero-order chi connectivity index (χ0) is 17.3. The molecule has 0 spiro atoms. The Morgan fingerprint density at radius 1 is 1.17 bits per heavy atom. The predicted octanol–water partition coefficient (Wildman–Crippen LogP) is 4.90. The molecule has 1 N–H and O–H groups in total. The molecule has 2 aromatic rings. The Hall–Kier alpha value is -1.95. The number of ether oxygens (including phenoxy) is 1. The van der Waals surface area contributed by atoms with Gasteiger partial charge >= 0.3 is 6.61 Å². The van der Waals surface area contributed by atoms with Crippen molar-refractivity contribution in [1.29, 1.82) is 0 Å². The van der Waals surface area contributed by atoms with E-state index in [1.807, 2.05) is 18.3 Å². The van der Waals surface area contributed by atoms with Gasteiger partial charge in [0.15, 0.2) is 0 Å². The zero-order valence-electron chi connectivity index (χ0n) is 12.8. The van der Waals surface area contributed by atoms with Crippen molar-refractivity contribution < 1.29 is 17.9 Å². The largest absolute Gasteiger partial charge is 0.435 e. The molecule has 1 unspecified atom stereocenters. The number of benzene rings is 2. The first-order chi connectivity index (χ1) is 11.4. The van der Waals surface area contributed by atoms with Crippen LogP contribution in [0.5, 0.6) is 5.75 Å². The summed E-state index contributed by atoms with van der Waals surface area (Å²) in [6.07, 6.45) is 3.84. The van der Waals surface area contributed by atoms with Crippen molar-refractivity contribution in [3.8, 4) is 5.75 Å². The minimum Gasteiger partial charge on any atom is -0.435 e. The first-order valence-electron chi connectivity index (χ1n) is 7.35. The van der Waals surface area contributed by atoms with Gasteiger partial charge in [-0.15, -0.1) is 0 Å². The van der Waals surface area contributed by atoms with Gasteiger partial charge in [-0.2, -0.15) is 8.78 Å². The molecule has 6 heteroatoms. The summed E-state index contributed by atoms with van der Waals surface area (Å²) in [5, 5.41) is 3.17. The molecule has 0 aliphatic carbocycles. The van der Waals surface area contributed by atoms with E-state index in [-0.39, 0.29) is 11.6 Å². The smallest absolute Gasteiger partial charge is 0.387 e. The summed E-state index contributed by atoms with van der Waals surface area (Å²) < 4.78 is 43.4. The number of hydrogen-bond acceptors (Lipinski definition) is 2.